The van der Waals surface area contributed by atoms with Gasteiger partial charge in [0.15, 0.2) is 0 Å². The van der Waals surface area contributed by atoms with Crippen LogP contribution in [-0.2, 0) is 6.42 Å². The Labute approximate surface area is 104 Å². The summed E-state index contributed by atoms with van der Waals surface area (Å²) in [6.45, 7) is 0. The molecule has 0 radical (unpaired) electrons. The van der Waals surface area contributed by atoms with Gasteiger partial charge in [-0.3, -0.25) is 0 Å². The van der Waals surface area contributed by atoms with E-state index >= 15 is 0 Å². The van der Waals surface area contributed by atoms with E-state index in [2.05, 4.69) is 15.9 Å². The summed E-state index contributed by atoms with van der Waals surface area (Å²) in [5.41, 5.74) is 2.09. The molecule has 0 saturated heterocycles. The largest absolute Gasteiger partial charge is 0.388 e. The molecule has 2 rings (SSSR count). The van der Waals surface area contributed by atoms with E-state index < -0.39 is 6.10 Å². The lowest BCUT2D eigenvalue weighted by atomic mass is 10.0. The van der Waals surface area contributed by atoms with Gasteiger partial charge in [-0.1, -0.05) is 58.4 Å². The first kappa shape index (κ1) is 11.4. The van der Waals surface area contributed by atoms with Crippen LogP contribution in [-0.4, -0.2) is 5.11 Å². The van der Waals surface area contributed by atoms with Crippen molar-refractivity contribution in [1.29, 1.82) is 0 Å². The van der Waals surface area contributed by atoms with Crippen molar-refractivity contribution in [2.24, 2.45) is 0 Å². The summed E-state index contributed by atoms with van der Waals surface area (Å²) < 4.78 is 0.997. The van der Waals surface area contributed by atoms with Gasteiger partial charge in [0.05, 0.1) is 6.10 Å². The second-order valence-corrected chi connectivity index (χ2v) is 4.68. The third-order valence-electron chi connectivity index (χ3n) is 2.51. The summed E-state index contributed by atoms with van der Waals surface area (Å²) in [7, 11) is 0. The lowest BCUT2D eigenvalue weighted by Crippen LogP contribution is -2.01. The molecular formula is C14H13BrO. The Morgan fingerprint density at radius 3 is 2.44 bits per heavy atom. The molecule has 0 heterocycles. The average molecular weight is 277 g/mol. The van der Waals surface area contributed by atoms with Crippen LogP contribution in [0.3, 0.4) is 0 Å². The Kier molecular flexibility index (Phi) is 3.75. The molecule has 0 aliphatic rings. The minimum absolute atomic E-state index is 0.445. The zero-order valence-corrected chi connectivity index (χ0v) is 10.4. The fraction of sp³-hybridized carbons (Fsp3) is 0.143. The van der Waals surface area contributed by atoms with E-state index in [9.17, 15) is 5.11 Å². The van der Waals surface area contributed by atoms with E-state index in [0.29, 0.717) is 6.42 Å². The Morgan fingerprint density at radius 1 is 1.00 bits per heavy atom. The Hall–Kier alpha value is -1.12. The summed E-state index contributed by atoms with van der Waals surface area (Å²) >= 11 is 3.40. The molecule has 82 valence electrons. The van der Waals surface area contributed by atoms with Crippen LogP contribution in [0.4, 0.5) is 0 Å². The van der Waals surface area contributed by atoms with Gasteiger partial charge in [0.2, 0.25) is 0 Å². The van der Waals surface area contributed by atoms with Gasteiger partial charge in [-0.15, -0.1) is 0 Å². The smallest absolute Gasteiger partial charge is 0.0830 e. The summed E-state index contributed by atoms with van der Waals surface area (Å²) in [6, 6.07) is 17.8. The van der Waals surface area contributed by atoms with Crippen LogP contribution in [0.5, 0.6) is 0 Å². The molecule has 0 aliphatic heterocycles. The van der Waals surface area contributed by atoms with E-state index in [1.165, 1.54) is 0 Å². The first-order chi connectivity index (χ1) is 7.75. The fourth-order valence-corrected chi connectivity index (χ4v) is 2.09. The summed E-state index contributed by atoms with van der Waals surface area (Å²) in [5.74, 6) is 0. The molecule has 0 amide bonds. The molecule has 1 atom stereocenters. The molecule has 2 heteroatoms. The first-order valence-corrected chi connectivity index (χ1v) is 6.02. The highest BCUT2D eigenvalue weighted by molar-refractivity contribution is 9.10. The SMILES string of the molecule is OC(Cc1ccccc1)c1cccc(Br)c1. The van der Waals surface area contributed by atoms with E-state index in [1.807, 2.05) is 54.6 Å². The molecule has 0 spiro atoms. The Morgan fingerprint density at radius 2 is 1.75 bits per heavy atom. The lowest BCUT2D eigenvalue weighted by molar-refractivity contribution is 0.178. The van der Waals surface area contributed by atoms with Crippen LogP contribution in [0, 0.1) is 0 Å². The quantitative estimate of drug-likeness (QED) is 0.906. The van der Waals surface area contributed by atoms with Gasteiger partial charge in [-0.05, 0) is 23.3 Å². The van der Waals surface area contributed by atoms with Gasteiger partial charge in [0.25, 0.3) is 0 Å². The number of rotatable bonds is 3. The average Bonchev–Trinajstić information content (AvgIpc) is 2.30. The van der Waals surface area contributed by atoms with Crippen molar-refractivity contribution < 1.29 is 5.11 Å². The Balaban J connectivity index is 2.12. The highest BCUT2D eigenvalue weighted by atomic mass is 79.9. The van der Waals surface area contributed by atoms with Crippen molar-refractivity contribution in [3.8, 4) is 0 Å². The van der Waals surface area contributed by atoms with E-state index in [4.69, 9.17) is 0 Å². The third kappa shape index (κ3) is 2.94. The lowest BCUT2D eigenvalue weighted by Gasteiger charge is -2.11. The van der Waals surface area contributed by atoms with Crippen LogP contribution < -0.4 is 0 Å². The van der Waals surface area contributed by atoms with Crippen molar-refractivity contribution in [1.82, 2.24) is 0 Å². The number of halogens is 1. The summed E-state index contributed by atoms with van der Waals surface area (Å²) in [4.78, 5) is 0. The molecule has 1 unspecified atom stereocenters. The molecule has 0 aromatic heterocycles. The summed E-state index contributed by atoms with van der Waals surface area (Å²) in [6.07, 6.45) is 0.206. The van der Waals surface area contributed by atoms with Crippen LogP contribution in [0.15, 0.2) is 59.1 Å². The molecule has 2 aromatic carbocycles. The normalized spacial score (nSPS) is 12.4. The second kappa shape index (κ2) is 5.28. The molecule has 0 saturated carbocycles. The van der Waals surface area contributed by atoms with Crippen LogP contribution in [0.1, 0.15) is 17.2 Å². The molecule has 1 N–H and O–H groups in total. The standard InChI is InChI=1S/C14H13BrO/c15-13-8-4-7-12(10-13)14(16)9-11-5-2-1-3-6-11/h1-8,10,14,16H,9H2. The van der Waals surface area contributed by atoms with E-state index in [1.54, 1.807) is 0 Å². The minimum atomic E-state index is -0.445. The molecule has 2 aromatic rings. The van der Waals surface area contributed by atoms with Gasteiger partial charge in [0.1, 0.15) is 0 Å². The fourth-order valence-electron chi connectivity index (χ4n) is 1.67. The molecule has 1 nitrogen and oxygen atoms in total. The number of hydrogen-bond donors (Lipinski definition) is 1. The predicted octanol–water partition coefficient (Wildman–Crippen LogP) is 3.73. The van der Waals surface area contributed by atoms with Crippen molar-refractivity contribution in [2.75, 3.05) is 0 Å². The van der Waals surface area contributed by atoms with E-state index in [-0.39, 0.29) is 0 Å². The van der Waals surface area contributed by atoms with Crippen LogP contribution >= 0.6 is 15.9 Å². The zero-order valence-electron chi connectivity index (χ0n) is 8.81. The van der Waals surface area contributed by atoms with Gasteiger partial charge >= 0.3 is 0 Å². The number of hydrogen-bond acceptors (Lipinski definition) is 1. The maximum atomic E-state index is 10.1. The van der Waals surface area contributed by atoms with Crippen LogP contribution in [0.25, 0.3) is 0 Å². The maximum Gasteiger partial charge on any atom is 0.0830 e. The number of aliphatic hydroxyl groups excluding tert-OH is 1. The van der Waals surface area contributed by atoms with Crippen molar-refractivity contribution in [3.63, 3.8) is 0 Å². The van der Waals surface area contributed by atoms with Crippen molar-refractivity contribution >= 4 is 15.9 Å². The van der Waals surface area contributed by atoms with Crippen molar-refractivity contribution in [3.05, 3.63) is 70.2 Å². The van der Waals surface area contributed by atoms with Crippen LogP contribution in [0.2, 0.25) is 0 Å². The van der Waals surface area contributed by atoms with Crippen molar-refractivity contribution in [2.45, 2.75) is 12.5 Å². The molecule has 16 heavy (non-hydrogen) atoms. The highest BCUT2D eigenvalue weighted by Gasteiger charge is 2.08. The topological polar surface area (TPSA) is 20.2 Å². The predicted molar refractivity (Wildman–Crippen MR) is 69.2 cm³/mol. The maximum absolute atomic E-state index is 10.1. The van der Waals surface area contributed by atoms with Gasteiger partial charge in [0, 0.05) is 10.9 Å². The molecular weight excluding hydrogens is 264 g/mol. The summed E-state index contributed by atoms with van der Waals surface area (Å²) in [5, 5.41) is 10.1. The highest BCUT2D eigenvalue weighted by Crippen LogP contribution is 2.21. The molecule has 0 aliphatic carbocycles. The minimum Gasteiger partial charge on any atom is -0.388 e. The van der Waals surface area contributed by atoms with Gasteiger partial charge in [-0.2, -0.15) is 0 Å². The number of benzene rings is 2. The molecule has 0 fully saturated rings. The van der Waals surface area contributed by atoms with E-state index in [0.717, 1.165) is 15.6 Å². The first-order valence-electron chi connectivity index (χ1n) is 5.23. The monoisotopic (exact) mass is 276 g/mol. The number of aliphatic hydroxyl groups is 1. The third-order valence-corrected chi connectivity index (χ3v) is 3.00. The van der Waals surface area contributed by atoms with Gasteiger partial charge < -0.3 is 5.11 Å². The second-order valence-electron chi connectivity index (χ2n) is 3.76. The van der Waals surface area contributed by atoms with Gasteiger partial charge in [-0.25, -0.2) is 0 Å². The zero-order chi connectivity index (χ0) is 11.4. The molecule has 0 bridgehead atoms. The Bertz CT molecular complexity index is 453.